The van der Waals surface area contributed by atoms with Crippen molar-refractivity contribution < 1.29 is 42.1 Å². The third-order valence-corrected chi connectivity index (χ3v) is 33.5. The standard InChI is InChI=1S/C22H29N5O2S.2C22H26N4O2S.C21H24N4O2S.C19H23N5O2S/c1-16(2)14-26-15-19(12-24-26)18-10-17-4-7-23-13-21(17)22(11-18)25-20-5-8-27(9-6-20)30(3,28)29;1-23-19-5-3-16(4-6-19)18-13-17-7-10-24-15-21(17)22(14-18)25-20-8-11-26(12-9-20)29(2,27)28;1-23-20-5-3-4-16(13-20)18-12-17-6-9-24-15-21(17)22(14-18)25-19-7-10-26(11-8-19)29(2,27)28;1-15-11-16(4-8-23-15)18-12-17-3-7-22-14-20(17)21(13-18)24-19-5-9-25(10-6-19)28(2,26)27;1-23-13-16(11-21-23)15-9-14-3-6-20-12-18(14)19(10-15)22-17-4-7-24(8-5-17)27(2,25)26/h4,7,10-13,15-16,20,25H,5-6,8-9,14H2,1-3H3;3-7,10,13-15,20,23,25H,8-9,11-12H2,1-2H3;3-6,9,12-15,19,23,25H,7-8,10-11H2,1-2H3;3-4,7-8,11-14,19,24H,5-6,9-10H2,1-2H3;3,6,9-13,17,22H,4-5,7-8H2,1-2H3. The zero-order chi connectivity index (χ0) is 101. The lowest BCUT2D eigenvalue weighted by Gasteiger charge is -2.31. The van der Waals surface area contributed by atoms with Crippen molar-refractivity contribution in [1.29, 1.82) is 0 Å². The molecule has 0 bridgehead atoms. The number of aromatic nitrogens is 10. The van der Waals surface area contributed by atoms with Crippen molar-refractivity contribution in [1.82, 2.24) is 71.0 Å². The second kappa shape index (κ2) is 45.5. The number of anilines is 7. The van der Waals surface area contributed by atoms with Crippen molar-refractivity contribution in [2.45, 2.75) is 122 Å². The Hall–Kier alpha value is -12.7. The average Bonchev–Trinajstić information content (AvgIpc) is 1.72. The van der Waals surface area contributed by atoms with Crippen LogP contribution in [0.2, 0.25) is 0 Å². The summed E-state index contributed by atoms with van der Waals surface area (Å²) in [6.07, 6.45) is 42.4. The molecule has 37 heteroatoms. The number of hydrogen-bond acceptors (Lipinski definition) is 25. The summed E-state index contributed by atoms with van der Waals surface area (Å²) in [6, 6.07) is 53.7. The maximum atomic E-state index is 11.8. The van der Waals surface area contributed by atoms with Crippen LogP contribution in [-0.2, 0) is 63.7 Å². The number of rotatable bonds is 24. The van der Waals surface area contributed by atoms with E-state index < -0.39 is 50.1 Å². The van der Waals surface area contributed by atoms with E-state index in [-0.39, 0.29) is 30.2 Å². The van der Waals surface area contributed by atoms with Gasteiger partial charge in [0.2, 0.25) is 50.1 Å². The van der Waals surface area contributed by atoms with E-state index in [1.807, 2.05) is 156 Å². The molecule has 32 nitrogen and oxygen atoms in total. The van der Waals surface area contributed by atoms with E-state index in [0.29, 0.717) is 71.4 Å². The van der Waals surface area contributed by atoms with Crippen LogP contribution < -0.4 is 37.2 Å². The molecule has 0 spiro atoms. The summed E-state index contributed by atoms with van der Waals surface area (Å²) < 4.78 is 129. The number of fused-ring (bicyclic) bond motifs is 5. The highest BCUT2D eigenvalue weighted by Crippen LogP contribution is 2.40. The first-order valence-electron chi connectivity index (χ1n) is 48.5. The van der Waals surface area contributed by atoms with Gasteiger partial charge >= 0.3 is 0 Å². The highest BCUT2D eigenvalue weighted by Gasteiger charge is 2.32. The molecule has 752 valence electrons. The molecule has 15 aromatic rings. The predicted molar refractivity (Wildman–Crippen MR) is 580 cm³/mol. The Morgan fingerprint density at radius 3 is 0.888 bits per heavy atom. The van der Waals surface area contributed by atoms with Crippen LogP contribution in [0.15, 0.2) is 245 Å². The van der Waals surface area contributed by atoms with E-state index in [4.69, 9.17) is 0 Å². The highest BCUT2D eigenvalue weighted by molar-refractivity contribution is 7.89. The monoisotopic (exact) mass is 2030 g/mol. The third-order valence-electron chi connectivity index (χ3n) is 27.0. The molecule has 0 atom stereocenters. The zero-order valence-corrected chi connectivity index (χ0v) is 86.8. The normalized spacial score (nSPS) is 16.3. The Bertz CT molecular complexity index is 7610. The van der Waals surface area contributed by atoms with Gasteiger partial charge in [0.05, 0.1) is 43.7 Å². The van der Waals surface area contributed by atoms with Gasteiger partial charge in [-0.3, -0.25) is 39.3 Å². The van der Waals surface area contributed by atoms with Crippen LogP contribution in [-0.4, -0.2) is 254 Å². The predicted octanol–water partition coefficient (Wildman–Crippen LogP) is 17.1. The molecule has 5 saturated heterocycles. The lowest BCUT2D eigenvalue weighted by molar-refractivity contribution is 0.331. The van der Waals surface area contributed by atoms with Gasteiger partial charge in [0.25, 0.3) is 0 Å². The molecule has 5 aliphatic heterocycles. The van der Waals surface area contributed by atoms with Crippen LogP contribution in [0.5, 0.6) is 0 Å². The Labute approximate surface area is 839 Å². The maximum absolute atomic E-state index is 11.8. The van der Waals surface area contributed by atoms with Crippen molar-refractivity contribution in [3.05, 3.63) is 250 Å². The largest absolute Gasteiger partial charge is 0.388 e. The van der Waals surface area contributed by atoms with E-state index in [1.165, 1.54) is 31.3 Å². The fourth-order valence-corrected chi connectivity index (χ4v) is 23.5. The summed E-state index contributed by atoms with van der Waals surface area (Å²) >= 11 is 0. The van der Waals surface area contributed by atoms with Crippen LogP contribution in [0.1, 0.15) is 83.7 Å². The Kier molecular flexibility index (Phi) is 32.8. The number of aryl methyl sites for hydroxylation is 2. The van der Waals surface area contributed by atoms with Gasteiger partial charge in [-0.15, -0.1) is 0 Å². The Morgan fingerprint density at radius 2 is 0.601 bits per heavy atom. The van der Waals surface area contributed by atoms with Crippen LogP contribution in [0.4, 0.5) is 39.8 Å². The molecule has 7 aromatic carbocycles. The third kappa shape index (κ3) is 27.1. The number of benzene rings is 7. The minimum absolute atomic E-state index is 0.227. The van der Waals surface area contributed by atoms with Gasteiger partial charge in [0.15, 0.2) is 0 Å². The molecule has 7 N–H and O–H groups in total. The second-order valence-corrected chi connectivity index (χ2v) is 48.0. The van der Waals surface area contributed by atoms with Crippen LogP contribution in [0, 0.1) is 12.8 Å². The summed E-state index contributed by atoms with van der Waals surface area (Å²) in [6.45, 7) is 12.8. The van der Waals surface area contributed by atoms with Gasteiger partial charge in [0.1, 0.15) is 0 Å². The molecule has 0 unspecified atom stereocenters. The first-order chi connectivity index (χ1) is 68.5. The summed E-state index contributed by atoms with van der Waals surface area (Å²) in [5.74, 6) is 0.537. The quantitative estimate of drug-likeness (QED) is 0.0295. The highest BCUT2D eigenvalue weighted by atomic mass is 32.2. The SMILES string of the molecule is CC(C)Cn1cc(-c2cc(NC3CCN(S(C)(=O)=O)CC3)c3cnccc3c2)cn1.CNc1ccc(-c2cc(NC3CCN(S(C)(=O)=O)CC3)c3cnccc3c2)cc1.CNc1cccc(-c2cc(NC3CCN(S(C)(=O)=O)CC3)c3cnccc3c2)c1.Cc1cc(-c2cc(NC3CCN(S(C)(=O)=O)CC3)c3cnccc3c2)ccn1.Cn1cc(-c2cc(NC3CCN(S(C)(=O)=O)CC3)c3cnccc3c2)cn1. The lowest BCUT2D eigenvalue weighted by atomic mass is 9.99. The van der Waals surface area contributed by atoms with E-state index >= 15 is 0 Å². The molecule has 20 rings (SSSR count). The summed E-state index contributed by atoms with van der Waals surface area (Å²) in [5.41, 5.74) is 19.5. The van der Waals surface area contributed by atoms with Gasteiger partial charge in [0, 0.05) is 287 Å². The van der Waals surface area contributed by atoms with Crippen molar-refractivity contribution in [3.8, 4) is 55.6 Å². The van der Waals surface area contributed by atoms with E-state index in [2.05, 4.69) is 200 Å². The fourth-order valence-electron chi connectivity index (χ4n) is 19.1. The molecule has 13 heterocycles. The van der Waals surface area contributed by atoms with Crippen molar-refractivity contribution in [2.24, 2.45) is 13.0 Å². The van der Waals surface area contributed by atoms with Crippen LogP contribution in [0.3, 0.4) is 0 Å². The maximum Gasteiger partial charge on any atom is 0.211 e. The van der Waals surface area contributed by atoms with Crippen molar-refractivity contribution in [3.63, 3.8) is 0 Å². The molecule has 143 heavy (non-hydrogen) atoms. The van der Waals surface area contributed by atoms with Gasteiger partial charge < -0.3 is 37.2 Å². The fraction of sp³-hybridized carbons (Fsp3) is 0.358. The topological polar surface area (TPSA) is 384 Å². The molecule has 0 saturated carbocycles. The number of pyridine rings is 6. The molecule has 0 amide bonds. The first-order valence-corrected chi connectivity index (χ1v) is 57.7. The van der Waals surface area contributed by atoms with Gasteiger partial charge in [-0.1, -0.05) is 38.1 Å². The summed E-state index contributed by atoms with van der Waals surface area (Å²) in [5, 5.41) is 44.3. The number of nitrogens with one attached hydrogen (secondary N) is 7. The number of nitrogens with zero attached hydrogens (tertiary/aromatic N) is 15. The van der Waals surface area contributed by atoms with Crippen molar-refractivity contribution in [2.75, 3.05) is 148 Å². The minimum Gasteiger partial charge on any atom is -0.388 e. The Morgan fingerprint density at radius 1 is 0.308 bits per heavy atom. The van der Waals surface area contributed by atoms with Gasteiger partial charge in [-0.05, 0) is 276 Å². The smallest absolute Gasteiger partial charge is 0.211 e. The molecule has 0 radical (unpaired) electrons. The second-order valence-electron chi connectivity index (χ2n) is 38.1. The lowest BCUT2D eigenvalue weighted by Crippen LogP contribution is -2.41. The molecule has 5 fully saturated rings. The van der Waals surface area contributed by atoms with Gasteiger partial charge in [-0.2, -0.15) is 10.2 Å². The van der Waals surface area contributed by atoms with E-state index in [9.17, 15) is 42.1 Å². The molecule has 0 aliphatic carbocycles. The molecular weight excluding hydrogens is 1900 g/mol. The van der Waals surface area contributed by atoms with E-state index in [1.54, 1.807) is 38.6 Å². The minimum atomic E-state index is -3.12. The summed E-state index contributed by atoms with van der Waals surface area (Å²) in [4.78, 5) is 25.8. The summed E-state index contributed by atoms with van der Waals surface area (Å²) in [7, 11) is -9.84. The van der Waals surface area contributed by atoms with Gasteiger partial charge in [-0.25, -0.2) is 63.6 Å². The van der Waals surface area contributed by atoms with Crippen LogP contribution >= 0.6 is 0 Å². The first kappa shape index (κ1) is 103. The van der Waals surface area contributed by atoms with E-state index in [0.717, 1.165) is 226 Å². The number of hydrogen-bond donors (Lipinski definition) is 7. The number of piperidine rings is 5. The zero-order valence-electron chi connectivity index (χ0n) is 82.7. The molecular formula is C106H128N22O10S5. The average molecular weight is 2030 g/mol. The van der Waals surface area contributed by atoms with Crippen molar-refractivity contribution >= 4 is 144 Å². The molecule has 8 aromatic heterocycles. The van der Waals surface area contributed by atoms with Crippen LogP contribution in [0.25, 0.3) is 109 Å². The number of sulfonamides is 5. The Balaban J connectivity index is 0.000000128. The molecule has 5 aliphatic rings.